The normalized spacial score (nSPS) is 11.1. The molecule has 0 aliphatic heterocycles. The molecule has 0 aliphatic rings. The van der Waals surface area contributed by atoms with E-state index < -0.39 is 0 Å². The van der Waals surface area contributed by atoms with E-state index in [0.29, 0.717) is 18.7 Å². The lowest BCUT2D eigenvalue weighted by molar-refractivity contribution is 0.0724. The van der Waals surface area contributed by atoms with E-state index in [-0.39, 0.29) is 11.6 Å². The van der Waals surface area contributed by atoms with Crippen molar-refractivity contribution in [3.63, 3.8) is 0 Å². The quantitative estimate of drug-likeness (QED) is 0.401. The van der Waals surface area contributed by atoms with Crippen molar-refractivity contribution in [2.75, 3.05) is 7.11 Å². The molecule has 0 saturated carbocycles. The Morgan fingerprint density at radius 1 is 1.06 bits per heavy atom. The Balaban J connectivity index is 1.56. The number of fused-ring (bicyclic) bond motifs is 3. The van der Waals surface area contributed by atoms with Crippen LogP contribution in [0.25, 0.3) is 16.6 Å². The highest BCUT2D eigenvalue weighted by atomic mass is 16.5. The van der Waals surface area contributed by atoms with Crippen molar-refractivity contribution in [2.24, 2.45) is 0 Å². The maximum atomic E-state index is 13.4. The third-order valence-corrected chi connectivity index (χ3v) is 5.46. The number of ether oxygens (including phenoxy) is 1. The van der Waals surface area contributed by atoms with Crippen molar-refractivity contribution in [2.45, 2.75) is 20.0 Å². The summed E-state index contributed by atoms with van der Waals surface area (Å²) in [6, 6.07) is 15.8. The number of tetrazole rings is 1. The van der Waals surface area contributed by atoms with Gasteiger partial charge >= 0.3 is 0 Å². The van der Waals surface area contributed by atoms with Crippen LogP contribution >= 0.6 is 0 Å². The van der Waals surface area contributed by atoms with Crippen LogP contribution in [0.5, 0.6) is 5.75 Å². The van der Waals surface area contributed by atoms with Crippen LogP contribution in [-0.2, 0) is 13.1 Å². The maximum absolute atomic E-state index is 13.4. The minimum Gasteiger partial charge on any atom is -0.497 e. The number of methoxy groups -OCH3 is 1. The van der Waals surface area contributed by atoms with Gasteiger partial charge in [0.15, 0.2) is 5.65 Å². The SMILES string of the molecule is COc1ccc(CN(Cc2cc3cc(C)ccc3n3nnnc23)C(=O)c2cnccn2)cc1. The van der Waals surface area contributed by atoms with Crippen LogP contribution < -0.4 is 4.74 Å². The van der Waals surface area contributed by atoms with Crippen LogP contribution in [0.1, 0.15) is 27.2 Å². The fourth-order valence-corrected chi connectivity index (χ4v) is 3.83. The Kier molecular flexibility index (Phi) is 5.35. The zero-order valence-corrected chi connectivity index (χ0v) is 18.2. The van der Waals surface area contributed by atoms with E-state index in [9.17, 15) is 4.79 Å². The van der Waals surface area contributed by atoms with Gasteiger partial charge < -0.3 is 9.64 Å². The van der Waals surface area contributed by atoms with Gasteiger partial charge in [-0.05, 0) is 53.2 Å². The number of nitrogens with zero attached hydrogens (tertiary/aromatic N) is 7. The predicted molar refractivity (Wildman–Crippen MR) is 122 cm³/mol. The summed E-state index contributed by atoms with van der Waals surface area (Å²) in [5.41, 5.74) is 4.72. The standard InChI is InChI=1S/C24H21N7O2/c1-16-3-8-22-18(11-16)12-19(23-27-28-29-31(22)23)15-30(24(32)21-13-25-9-10-26-21)14-17-4-6-20(33-2)7-5-17/h3-13H,14-15H2,1-2H3. The van der Waals surface area contributed by atoms with Crippen LogP contribution in [0.3, 0.4) is 0 Å². The average Bonchev–Trinajstić information content (AvgIpc) is 3.34. The second-order valence-electron chi connectivity index (χ2n) is 7.75. The van der Waals surface area contributed by atoms with Gasteiger partial charge in [-0.2, -0.15) is 4.52 Å². The molecular formula is C24H21N7O2. The lowest BCUT2D eigenvalue weighted by Crippen LogP contribution is -2.31. The summed E-state index contributed by atoms with van der Waals surface area (Å²) in [5, 5.41) is 13.3. The highest BCUT2D eigenvalue weighted by molar-refractivity contribution is 5.92. The van der Waals surface area contributed by atoms with Crippen molar-refractivity contribution in [1.29, 1.82) is 0 Å². The maximum Gasteiger partial charge on any atom is 0.274 e. The molecule has 5 rings (SSSR count). The molecule has 3 heterocycles. The minimum atomic E-state index is -0.228. The van der Waals surface area contributed by atoms with E-state index in [1.165, 1.54) is 12.4 Å². The molecule has 3 aromatic heterocycles. The number of hydrogen-bond acceptors (Lipinski definition) is 7. The Hall–Kier alpha value is -4.40. The van der Waals surface area contributed by atoms with E-state index in [1.54, 1.807) is 22.7 Å². The molecule has 0 saturated heterocycles. The molecular weight excluding hydrogens is 418 g/mol. The first kappa shape index (κ1) is 20.5. The first-order valence-electron chi connectivity index (χ1n) is 10.4. The number of carbonyl (C=O) groups excluding carboxylic acids is 1. The molecule has 0 aliphatic carbocycles. The van der Waals surface area contributed by atoms with Gasteiger partial charge in [0, 0.05) is 29.9 Å². The van der Waals surface area contributed by atoms with Gasteiger partial charge in [0.05, 0.1) is 25.4 Å². The molecule has 0 unspecified atom stereocenters. The van der Waals surface area contributed by atoms with Gasteiger partial charge in [0.25, 0.3) is 5.91 Å². The first-order valence-corrected chi connectivity index (χ1v) is 10.4. The van der Waals surface area contributed by atoms with E-state index in [4.69, 9.17) is 4.74 Å². The third-order valence-electron chi connectivity index (χ3n) is 5.46. The van der Waals surface area contributed by atoms with Crippen LogP contribution in [0.2, 0.25) is 0 Å². The highest BCUT2D eigenvalue weighted by Crippen LogP contribution is 2.23. The molecule has 33 heavy (non-hydrogen) atoms. The molecule has 0 N–H and O–H groups in total. The molecule has 2 aromatic carbocycles. The summed E-state index contributed by atoms with van der Waals surface area (Å²) in [6.45, 7) is 2.71. The van der Waals surface area contributed by atoms with E-state index in [0.717, 1.165) is 33.3 Å². The largest absolute Gasteiger partial charge is 0.497 e. The van der Waals surface area contributed by atoms with Gasteiger partial charge in [-0.3, -0.25) is 9.78 Å². The van der Waals surface area contributed by atoms with Gasteiger partial charge in [-0.25, -0.2) is 4.98 Å². The molecule has 164 valence electrons. The van der Waals surface area contributed by atoms with Gasteiger partial charge in [-0.15, -0.1) is 5.10 Å². The number of aromatic nitrogens is 6. The second kappa shape index (κ2) is 8.62. The van der Waals surface area contributed by atoms with Crippen molar-refractivity contribution >= 4 is 22.5 Å². The summed E-state index contributed by atoms with van der Waals surface area (Å²) >= 11 is 0. The molecule has 0 fully saturated rings. The molecule has 0 bridgehead atoms. The summed E-state index contributed by atoms with van der Waals surface area (Å²) in [6.07, 6.45) is 4.53. The minimum absolute atomic E-state index is 0.228. The number of rotatable bonds is 6. The van der Waals surface area contributed by atoms with Gasteiger partial charge in [0.1, 0.15) is 11.4 Å². The van der Waals surface area contributed by atoms with Crippen LogP contribution in [0.4, 0.5) is 0 Å². The second-order valence-corrected chi connectivity index (χ2v) is 7.75. The van der Waals surface area contributed by atoms with Crippen LogP contribution in [0.15, 0.2) is 67.1 Å². The lowest BCUT2D eigenvalue weighted by atomic mass is 10.1. The molecule has 9 heteroatoms. The molecule has 0 spiro atoms. The number of amides is 1. The lowest BCUT2D eigenvalue weighted by Gasteiger charge is -2.23. The highest BCUT2D eigenvalue weighted by Gasteiger charge is 2.21. The first-order chi connectivity index (χ1) is 16.1. The van der Waals surface area contributed by atoms with Crippen LogP contribution in [0, 0.1) is 6.92 Å². The number of hydrogen-bond donors (Lipinski definition) is 0. The fourth-order valence-electron chi connectivity index (χ4n) is 3.83. The molecule has 0 radical (unpaired) electrons. The zero-order valence-electron chi connectivity index (χ0n) is 18.2. The predicted octanol–water partition coefficient (Wildman–Crippen LogP) is 3.23. The van der Waals surface area contributed by atoms with E-state index in [1.807, 2.05) is 49.4 Å². The fraction of sp³-hybridized carbons (Fsp3) is 0.167. The van der Waals surface area contributed by atoms with E-state index in [2.05, 4.69) is 31.6 Å². The van der Waals surface area contributed by atoms with E-state index >= 15 is 0 Å². The average molecular weight is 439 g/mol. The Bertz CT molecular complexity index is 1430. The Morgan fingerprint density at radius 2 is 1.91 bits per heavy atom. The molecule has 1 amide bonds. The molecule has 0 atom stereocenters. The number of benzene rings is 2. The Morgan fingerprint density at radius 3 is 2.67 bits per heavy atom. The topological polar surface area (TPSA) is 98.4 Å². The molecule has 9 nitrogen and oxygen atoms in total. The Labute approximate surface area is 189 Å². The van der Waals surface area contributed by atoms with Crippen molar-refractivity contribution in [1.82, 2.24) is 34.9 Å². The van der Waals surface area contributed by atoms with Crippen molar-refractivity contribution in [3.05, 3.63) is 89.5 Å². The van der Waals surface area contributed by atoms with Gasteiger partial charge in [-0.1, -0.05) is 23.8 Å². The summed E-state index contributed by atoms with van der Waals surface area (Å²) in [7, 11) is 1.62. The zero-order chi connectivity index (χ0) is 22.8. The monoisotopic (exact) mass is 439 g/mol. The van der Waals surface area contributed by atoms with Crippen LogP contribution in [-0.4, -0.2) is 47.9 Å². The number of pyridine rings is 1. The molecule has 5 aromatic rings. The smallest absolute Gasteiger partial charge is 0.274 e. The summed E-state index contributed by atoms with van der Waals surface area (Å²) < 4.78 is 6.96. The van der Waals surface area contributed by atoms with Crippen molar-refractivity contribution < 1.29 is 9.53 Å². The van der Waals surface area contributed by atoms with Gasteiger partial charge in [0.2, 0.25) is 0 Å². The number of aryl methyl sites for hydroxylation is 1. The summed E-state index contributed by atoms with van der Waals surface area (Å²) in [5.74, 6) is 0.528. The number of carbonyl (C=O) groups is 1. The summed E-state index contributed by atoms with van der Waals surface area (Å²) in [4.78, 5) is 23.4. The third kappa shape index (κ3) is 4.08. The van der Waals surface area contributed by atoms with Crippen molar-refractivity contribution in [3.8, 4) is 5.75 Å².